The summed E-state index contributed by atoms with van der Waals surface area (Å²) in [6.45, 7) is 3.72. The molecule has 1 heterocycles. The van der Waals surface area contributed by atoms with Gasteiger partial charge in [-0.15, -0.1) is 0 Å². The van der Waals surface area contributed by atoms with E-state index in [0.29, 0.717) is 13.0 Å². The Morgan fingerprint density at radius 1 is 1.29 bits per heavy atom. The van der Waals surface area contributed by atoms with Crippen molar-refractivity contribution in [3.8, 4) is 0 Å². The monoisotopic (exact) mass is 331 g/mol. The van der Waals surface area contributed by atoms with Gasteiger partial charge >= 0.3 is 6.09 Å². The number of likely N-dealkylation sites (tertiary alicyclic amines) is 1. The topological polar surface area (TPSA) is 75.7 Å². The first-order valence-corrected chi connectivity index (χ1v) is 8.09. The van der Waals surface area contributed by atoms with Crippen molar-refractivity contribution in [2.24, 2.45) is 0 Å². The number of Topliss-reactive ketones (excluding diaryl/α,β-unsaturated/α-hetero) is 1. The van der Waals surface area contributed by atoms with Gasteiger partial charge in [-0.1, -0.05) is 30.3 Å². The van der Waals surface area contributed by atoms with Crippen molar-refractivity contribution >= 4 is 17.8 Å². The second-order valence-corrected chi connectivity index (χ2v) is 5.90. The van der Waals surface area contributed by atoms with Crippen LogP contribution in [0.1, 0.15) is 32.3 Å². The number of nitrogens with zero attached hydrogens (tertiary/aromatic N) is 1. The Bertz CT molecular complexity index is 588. The highest BCUT2D eigenvalue weighted by molar-refractivity contribution is 5.91. The van der Waals surface area contributed by atoms with Gasteiger partial charge in [-0.25, -0.2) is 4.79 Å². The van der Waals surface area contributed by atoms with Crippen molar-refractivity contribution in [2.75, 3.05) is 6.54 Å². The Morgan fingerprint density at radius 2 is 2.00 bits per heavy atom. The predicted molar refractivity (Wildman–Crippen MR) is 88.9 cm³/mol. The number of amides is 2. The minimum atomic E-state index is -0.742. The van der Waals surface area contributed by atoms with E-state index in [9.17, 15) is 14.4 Å². The van der Waals surface area contributed by atoms with Crippen molar-refractivity contribution < 1.29 is 19.1 Å². The van der Waals surface area contributed by atoms with Crippen LogP contribution in [0.25, 0.3) is 0 Å². The third-order valence-corrected chi connectivity index (χ3v) is 4.01. The molecule has 1 fully saturated rings. The van der Waals surface area contributed by atoms with E-state index in [1.165, 1.54) is 6.92 Å². The first-order valence-electron chi connectivity index (χ1n) is 8.09. The summed E-state index contributed by atoms with van der Waals surface area (Å²) in [5.74, 6) is -0.307. The van der Waals surface area contributed by atoms with Crippen LogP contribution in [0.4, 0.5) is 4.79 Å². The summed E-state index contributed by atoms with van der Waals surface area (Å²) < 4.78 is 5.12. The fraction of sp³-hybridized carbons (Fsp3) is 0.444. The molecule has 0 spiro atoms. The average Bonchev–Trinajstić information content (AvgIpc) is 2.60. The van der Waals surface area contributed by atoms with Gasteiger partial charge in [0, 0.05) is 6.54 Å². The number of piperidine rings is 1. The lowest BCUT2D eigenvalue weighted by atomic mass is 9.98. The molecule has 24 heavy (non-hydrogen) atoms. The van der Waals surface area contributed by atoms with Crippen LogP contribution in [0.3, 0.4) is 0 Å². The maximum Gasteiger partial charge on any atom is 0.408 e. The van der Waals surface area contributed by atoms with Crippen LogP contribution in [0.2, 0.25) is 0 Å². The Balaban J connectivity index is 1.86. The second-order valence-electron chi connectivity index (χ2n) is 5.90. The number of benzene rings is 1. The number of ketones is 1. The van der Waals surface area contributed by atoms with Crippen LogP contribution in [-0.2, 0) is 20.9 Å². The van der Waals surface area contributed by atoms with E-state index in [4.69, 9.17) is 4.74 Å². The maximum absolute atomic E-state index is 12.5. The summed E-state index contributed by atoms with van der Waals surface area (Å²) in [5.41, 5.74) is 0.870. The maximum atomic E-state index is 12.5. The molecule has 1 N–H and O–H groups in total. The van der Waals surface area contributed by atoms with Crippen molar-refractivity contribution in [1.82, 2.24) is 10.2 Å². The van der Waals surface area contributed by atoms with Crippen LogP contribution < -0.4 is 5.32 Å². The zero-order valence-corrected chi connectivity index (χ0v) is 14.0. The van der Waals surface area contributed by atoms with E-state index in [0.717, 1.165) is 12.0 Å². The lowest BCUT2D eigenvalue weighted by Gasteiger charge is -2.35. The molecule has 1 saturated heterocycles. The number of nitrogens with one attached hydrogen (secondary N) is 1. The number of alkyl carbamates (subject to hydrolysis) is 1. The van der Waals surface area contributed by atoms with Gasteiger partial charge in [0.2, 0.25) is 5.91 Å². The Kier molecular flexibility index (Phi) is 6.35. The molecule has 6 nitrogen and oxygen atoms in total. The highest BCUT2D eigenvalue weighted by atomic mass is 16.5. The molecule has 1 aliphatic rings. The normalized spacial score (nSPS) is 18.6. The molecule has 0 bridgehead atoms. The average molecular weight is 331 g/mol. The Hall–Kier alpha value is -2.37. The molecule has 6 heteroatoms. The van der Waals surface area contributed by atoms with E-state index >= 15 is 0 Å². The summed E-state index contributed by atoms with van der Waals surface area (Å²) in [7, 11) is 0. The molecule has 2 atom stereocenters. The minimum absolute atomic E-state index is 0.0434. The largest absolute Gasteiger partial charge is 0.445 e. The van der Waals surface area contributed by atoms with Crippen LogP contribution in [0.5, 0.6) is 0 Å². The first-order chi connectivity index (χ1) is 11.5. The number of ether oxygens (including phenoxy) is 1. The van der Waals surface area contributed by atoms with Crippen molar-refractivity contribution in [3.05, 3.63) is 42.3 Å². The van der Waals surface area contributed by atoms with Gasteiger partial charge in [0.25, 0.3) is 0 Å². The van der Waals surface area contributed by atoms with Gasteiger partial charge in [-0.05, 0) is 38.7 Å². The van der Waals surface area contributed by atoms with E-state index in [1.807, 2.05) is 36.8 Å². The zero-order chi connectivity index (χ0) is 17.5. The van der Waals surface area contributed by atoms with Gasteiger partial charge in [-0.3, -0.25) is 9.59 Å². The highest BCUT2D eigenvalue weighted by Crippen LogP contribution is 2.18. The summed E-state index contributed by atoms with van der Waals surface area (Å²) >= 11 is 0. The predicted octanol–water partition coefficient (Wildman–Crippen LogP) is 2.09. The van der Waals surface area contributed by atoms with E-state index in [2.05, 4.69) is 5.32 Å². The van der Waals surface area contributed by atoms with E-state index in [1.54, 1.807) is 11.8 Å². The second kappa shape index (κ2) is 8.47. The molecule has 2 unspecified atom stereocenters. The van der Waals surface area contributed by atoms with Crippen LogP contribution in [0, 0.1) is 6.42 Å². The molecule has 0 aliphatic carbocycles. The number of carbonyl (C=O) groups is 3. The van der Waals surface area contributed by atoms with Crippen molar-refractivity contribution in [2.45, 2.75) is 45.4 Å². The van der Waals surface area contributed by atoms with Crippen molar-refractivity contribution in [3.63, 3.8) is 0 Å². The van der Waals surface area contributed by atoms with Crippen LogP contribution in [-0.4, -0.2) is 41.3 Å². The SMILES string of the molecule is CC(=O)C1C[CH]CCN1C(=O)C(C)NC(=O)OCc1ccccc1. The summed E-state index contributed by atoms with van der Waals surface area (Å²) in [6, 6.07) is 8.12. The summed E-state index contributed by atoms with van der Waals surface area (Å²) in [4.78, 5) is 37.6. The van der Waals surface area contributed by atoms with E-state index in [-0.39, 0.29) is 18.3 Å². The molecule has 2 rings (SSSR count). The van der Waals surface area contributed by atoms with Crippen LogP contribution >= 0.6 is 0 Å². The van der Waals surface area contributed by atoms with Gasteiger partial charge in [0.05, 0.1) is 6.04 Å². The van der Waals surface area contributed by atoms with Gasteiger partial charge in [0.1, 0.15) is 12.6 Å². The molecule has 1 radical (unpaired) electrons. The quantitative estimate of drug-likeness (QED) is 0.896. The molecular formula is C18H23N2O4. The van der Waals surface area contributed by atoms with Gasteiger partial charge in [0.15, 0.2) is 5.78 Å². The minimum Gasteiger partial charge on any atom is -0.445 e. The first kappa shape index (κ1) is 18.0. The summed E-state index contributed by atoms with van der Waals surface area (Å²) in [5, 5.41) is 2.53. The zero-order valence-electron chi connectivity index (χ0n) is 14.0. The Morgan fingerprint density at radius 3 is 2.67 bits per heavy atom. The lowest BCUT2D eigenvalue weighted by Crippen LogP contribution is -2.54. The third kappa shape index (κ3) is 4.81. The molecule has 0 saturated carbocycles. The molecule has 129 valence electrons. The molecule has 1 aliphatic heterocycles. The number of rotatable bonds is 5. The van der Waals surface area contributed by atoms with E-state index < -0.39 is 18.2 Å². The molecule has 0 aromatic heterocycles. The fourth-order valence-electron chi connectivity index (χ4n) is 2.69. The third-order valence-electron chi connectivity index (χ3n) is 4.01. The smallest absolute Gasteiger partial charge is 0.408 e. The van der Waals surface area contributed by atoms with Crippen LogP contribution in [0.15, 0.2) is 30.3 Å². The molecule has 1 aromatic rings. The van der Waals surface area contributed by atoms with Gasteiger partial charge < -0.3 is 15.0 Å². The van der Waals surface area contributed by atoms with Crippen molar-refractivity contribution in [1.29, 1.82) is 0 Å². The standard InChI is InChI=1S/C18H23N2O4/c1-13(17(22)20-11-7-6-10-16(20)14(2)21)19-18(23)24-12-15-8-4-3-5-9-15/h3-6,8-9,13,16H,7,10-12H2,1-2H3,(H,19,23). The van der Waals surface area contributed by atoms with Gasteiger partial charge in [-0.2, -0.15) is 0 Å². The Labute approximate surface area is 142 Å². The highest BCUT2D eigenvalue weighted by Gasteiger charge is 2.32. The fourth-order valence-corrected chi connectivity index (χ4v) is 2.69. The molecule has 2 amide bonds. The lowest BCUT2D eigenvalue weighted by molar-refractivity contribution is -0.141. The molecule has 1 aromatic carbocycles. The summed E-state index contributed by atoms with van der Waals surface area (Å²) in [6.07, 6.45) is 2.68. The number of hydrogen-bond acceptors (Lipinski definition) is 4. The molecular weight excluding hydrogens is 308 g/mol. The number of hydrogen-bond donors (Lipinski definition) is 1. The number of carbonyl (C=O) groups excluding carboxylic acids is 3.